The molecule has 0 amide bonds. The Bertz CT molecular complexity index is 1100. The molecule has 1 aromatic heterocycles. The lowest BCUT2D eigenvalue weighted by Gasteiger charge is -2.08. The summed E-state index contributed by atoms with van der Waals surface area (Å²) in [5.41, 5.74) is 1.83. The lowest BCUT2D eigenvalue weighted by molar-refractivity contribution is -0.154. The van der Waals surface area contributed by atoms with Gasteiger partial charge in [0.05, 0.1) is 19.0 Å². The first-order valence-electron chi connectivity index (χ1n) is 8.67. The van der Waals surface area contributed by atoms with E-state index in [-0.39, 0.29) is 17.9 Å². The number of benzene rings is 2. The highest BCUT2D eigenvalue weighted by atomic mass is 19.1. The van der Waals surface area contributed by atoms with Crippen LogP contribution in [0.15, 0.2) is 42.5 Å². The van der Waals surface area contributed by atoms with Crippen LogP contribution in [0.3, 0.4) is 0 Å². The highest BCUT2D eigenvalue weighted by molar-refractivity contribution is 6.05. The number of carbonyl (C=O) groups is 3. The Balaban J connectivity index is 2.09. The summed E-state index contributed by atoms with van der Waals surface area (Å²) in [6.07, 6.45) is -0.216. The zero-order valence-electron chi connectivity index (χ0n) is 15.8. The number of halogens is 1. The van der Waals surface area contributed by atoms with E-state index in [0.717, 1.165) is 0 Å². The van der Waals surface area contributed by atoms with E-state index in [9.17, 15) is 18.8 Å². The van der Waals surface area contributed by atoms with Crippen LogP contribution >= 0.6 is 0 Å². The minimum absolute atomic E-state index is 0.216. The molecule has 0 aliphatic carbocycles. The van der Waals surface area contributed by atoms with Gasteiger partial charge in [-0.15, -0.1) is 0 Å². The quantitative estimate of drug-likeness (QED) is 0.641. The van der Waals surface area contributed by atoms with E-state index in [4.69, 9.17) is 14.6 Å². The normalized spacial score (nSPS) is 10.7. The molecule has 1 N–H and O–H groups in total. The Morgan fingerprint density at radius 3 is 2.41 bits per heavy atom. The molecule has 0 atom stereocenters. The van der Waals surface area contributed by atoms with Crippen molar-refractivity contribution < 1.29 is 33.4 Å². The topological polar surface area (TPSA) is 94.8 Å². The molecule has 0 aliphatic heterocycles. The van der Waals surface area contributed by atoms with Crippen LogP contribution in [0.1, 0.15) is 21.6 Å². The van der Waals surface area contributed by atoms with Gasteiger partial charge in [-0.25, -0.2) is 9.18 Å². The first kappa shape index (κ1) is 20.1. The van der Waals surface area contributed by atoms with Gasteiger partial charge in [-0.1, -0.05) is 0 Å². The molecular weight excluding hydrogens is 381 g/mol. The van der Waals surface area contributed by atoms with Crippen molar-refractivity contribution in [2.45, 2.75) is 13.3 Å². The Kier molecular flexibility index (Phi) is 5.63. The van der Waals surface area contributed by atoms with Crippen LogP contribution < -0.4 is 4.74 Å². The van der Waals surface area contributed by atoms with E-state index in [0.29, 0.717) is 27.9 Å². The predicted octanol–water partition coefficient (Wildman–Crippen LogP) is 2.96. The molecule has 2 aromatic carbocycles. The molecule has 3 rings (SSSR count). The first-order valence-corrected chi connectivity index (χ1v) is 8.67. The summed E-state index contributed by atoms with van der Waals surface area (Å²) in [6.45, 7) is 0.933. The molecule has 3 aromatic rings. The molecular formula is C21H18FNO6. The van der Waals surface area contributed by atoms with E-state index in [1.807, 2.05) is 0 Å². The number of methoxy groups -OCH3 is 1. The van der Waals surface area contributed by atoms with Crippen molar-refractivity contribution in [1.82, 2.24) is 4.57 Å². The van der Waals surface area contributed by atoms with Gasteiger partial charge in [0.15, 0.2) is 6.61 Å². The fourth-order valence-electron chi connectivity index (χ4n) is 3.13. The molecule has 8 heteroatoms. The lowest BCUT2D eigenvalue weighted by Crippen LogP contribution is -2.16. The van der Waals surface area contributed by atoms with Gasteiger partial charge in [0.2, 0.25) is 0 Å². The van der Waals surface area contributed by atoms with Gasteiger partial charge in [-0.2, -0.15) is 0 Å². The van der Waals surface area contributed by atoms with Crippen LogP contribution in [0.5, 0.6) is 5.75 Å². The van der Waals surface area contributed by atoms with Crippen LogP contribution in [0.2, 0.25) is 0 Å². The van der Waals surface area contributed by atoms with Crippen molar-refractivity contribution in [1.29, 1.82) is 0 Å². The van der Waals surface area contributed by atoms with E-state index < -0.39 is 24.4 Å². The zero-order chi connectivity index (χ0) is 21.1. The number of carbonyl (C=O) groups excluding carboxylic acids is 2. The number of nitrogens with zero attached hydrogens (tertiary/aromatic N) is 1. The SMILES string of the molecule is COc1ccc2c(c1)c(CC(=O)OCC(=O)O)c(C)n2C(=O)c1ccc(F)cc1. The molecule has 29 heavy (non-hydrogen) atoms. The summed E-state index contributed by atoms with van der Waals surface area (Å²) in [5, 5.41) is 9.28. The summed E-state index contributed by atoms with van der Waals surface area (Å²) in [7, 11) is 1.50. The van der Waals surface area contributed by atoms with Crippen LogP contribution in [0.4, 0.5) is 4.39 Å². The maximum atomic E-state index is 13.2. The lowest BCUT2D eigenvalue weighted by atomic mass is 10.1. The maximum absolute atomic E-state index is 13.2. The minimum Gasteiger partial charge on any atom is -0.497 e. The van der Waals surface area contributed by atoms with Gasteiger partial charge in [0.25, 0.3) is 5.91 Å². The Morgan fingerprint density at radius 1 is 1.10 bits per heavy atom. The van der Waals surface area contributed by atoms with Gasteiger partial charge < -0.3 is 14.6 Å². The molecule has 0 spiro atoms. The van der Waals surface area contributed by atoms with E-state index in [1.165, 1.54) is 35.9 Å². The average Bonchev–Trinajstić information content (AvgIpc) is 2.97. The smallest absolute Gasteiger partial charge is 0.341 e. The van der Waals surface area contributed by atoms with Crippen LogP contribution in [-0.2, 0) is 20.7 Å². The monoisotopic (exact) mass is 399 g/mol. The van der Waals surface area contributed by atoms with Gasteiger partial charge >= 0.3 is 11.9 Å². The summed E-state index contributed by atoms with van der Waals surface area (Å²) in [6, 6.07) is 10.2. The van der Waals surface area contributed by atoms with Crippen molar-refractivity contribution >= 4 is 28.7 Å². The number of fused-ring (bicyclic) bond motifs is 1. The number of esters is 1. The van der Waals surface area contributed by atoms with Crippen molar-refractivity contribution in [3.05, 3.63) is 65.1 Å². The number of aliphatic carboxylic acids is 1. The fraction of sp³-hybridized carbons (Fsp3) is 0.190. The molecule has 0 aliphatic rings. The molecule has 0 bridgehead atoms. The number of ether oxygens (including phenoxy) is 2. The first-order chi connectivity index (χ1) is 13.8. The molecule has 7 nitrogen and oxygen atoms in total. The van der Waals surface area contributed by atoms with Gasteiger partial charge in [-0.3, -0.25) is 14.2 Å². The highest BCUT2D eigenvalue weighted by Crippen LogP contribution is 2.30. The van der Waals surface area contributed by atoms with Crippen molar-refractivity contribution in [2.75, 3.05) is 13.7 Å². The molecule has 0 unspecified atom stereocenters. The summed E-state index contributed by atoms with van der Waals surface area (Å²) >= 11 is 0. The number of aromatic nitrogens is 1. The minimum atomic E-state index is -1.26. The average molecular weight is 399 g/mol. The van der Waals surface area contributed by atoms with E-state index in [2.05, 4.69) is 0 Å². The second-order valence-corrected chi connectivity index (χ2v) is 6.33. The van der Waals surface area contributed by atoms with Crippen molar-refractivity contribution in [3.8, 4) is 5.75 Å². The molecule has 0 saturated carbocycles. The van der Waals surface area contributed by atoms with Crippen LogP contribution in [0, 0.1) is 12.7 Å². The second-order valence-electron chi connectivity index (χ2n) is 6.33. The fourth-order valence-corrected chi connectivity index (χ4v) is 3.13. The summed E-state index contributed by atoms with van der Waals surface area (Å²) < 4.78 is 24.6. The Hall–Kier alpha value is -3.68. The van der Waals surface area contributed by atoms with Gasteiger partial charge in [-0.05, 0) is 55.0 Å². The van der Waals surface area contributed by atoms with Gasteiger partial charge in [0.1, 0.15) is 11.6 Å². The van der Waals surface area contributed by atoms with Crippen LogP contribution in [0.25, 0.3) is 10.9 Å². The maximum Gasteiger partial charge on any atom is 0.341 e. The summed E-state index contributed by atoms with van der Waals surface area (Å²) in [5.74, 6) is -2.30. The van der Waals surface area contributed by atoms with Crippen LogP contribution in [-0.4, -0.2) is 41.2 Å². The number of hydrogen-bond donors (Lipinski definition) is 1. The predicted molar refractivity (Wildman–Crippen MR) is 102 cm³/mol. The zero-order valence-corrected chi connectivity index (χ0v) is 15.8. The Labute approximate surface area is 165 Å². The second kappa shape index (κ2) is 8.14. The third kappa shape index (κ3) is 4.11. The number of hydrogen-bond acceptors (Lipinski definition) is 5. The molecule has 0 fully saturated rings. The molecule has 0 saturated heterocycles. The van der Waals surface area contributed by atoms with Crippen molar-refractivity contribution in [2.24, 2.45) is 0 Å². The number of rotatable bonds is 6. The largest absolute Gasteiger partial charge is 0.497 e. The number of carboxylic acids is 1. The van der Waals surface area contributed by atoms with E-state index in [1.54, 1.807) is 25.1 Å². The Morgan fingerprint density at radius 2 is 1.79 bits per heavy atom. The third-order valence-corrected chi connectivity index (χ3v) is 4.51. The molecule has 1 heterocycles. The van der Waals surface area contributed by atoms with E-state index >= 15 is 0 Å². The number of carboxylic acid groups (broad SMARTS) is 1. The summed E-state index contributed by atoms with van der Waals surface area (Å²) in [4.78, 5) is 35.8. The third-order valence-electron chi connectivity index (χ3n) is 4.51. The highest BCUT2D eigenvalue weighted by Gasteiger charge is 2.22. The standard InChI is InChI=1S/C21H18FNO6/c1-12-16(10-20(26)29-11-19(24)25)17-9-15(28-2)7-8-18(17)23(12)21(27)13-3-5-14(22)6-4-13/h3-9H,10-11H2,1-2H3,(H,24,25). The molecule has 150 valence electrons. The van der Waals surface area contributed by atoms with Gasteiger partial charge in [0, 0.05) is 16.6 Å². The molecule has 0 radical (unpaired) electrons. The van der Waals surface area contributed by atoms with Crippen molar-refractivity contribution in [3.63, 3.8) is 0 Å².